The lowest BCUT2D eigenvalue weighted by Crippen LogP contribution is -2.35. The molecule has 0 spiro atoms. The van der Waals surface area contributed by atoms with E-state index in [2.05, 4.69) is 15.0 Å². The molecule has 0 radical (unpaired) electrons. The zero-order chi connectivity index (χ0) is 19.7. The largest absolute Gasteiger partial charge is 0.497 e. The molecule has 2 aromatic heterocycles. The van der Waals surface area contributed by atoms with Gasteiger partial charge >= 0.3 is 0 Å². The summed E-state index contributed by atoms with van der Waals surface area (Å²) < 4.78 is 33.4. The second kappa shape index (κ2) is 7.47. The molecule has 0 aliphatic carbocycles. The van der Waals surface area contributed by atoms with Gasteiger partial charge in [0.05, 0.1) is 18.4 Å². The number of nitrogens with zero attached hydrogens (tertiary/aromatic N) is 3. The first kappa shape index (κ1) is 18.2. The van der Waals surface area contributed by atoms with E-state index in [1.54, 1.807) is 18.5 Å². The number of rotatable bonds is 4. The number of pyridine rings is 1. The van der Waals surface area contributed by atoms with Crippen LogP contribution < -0.4 is 10.3 Å². The third kappa shape index (κ3) is 3.50. The predicted octanol–water partition coefficient (Wildman–Crippen LogP) is 2.68. The standard InChI is InChI=1S/C20H18F2N4O2/c1-28-13-7-16(21)14(17(22)8-13)10-26-6-4-18-15(11-26)20(27)25-19(24-18)12-3-2-5-23-9-12/h2-3,5,7-9H,4,6,10-11H2,1H3,(H,24,25,27). The predicted molar refractivity (Wildman–Crippen MR) is 98.8 cm³/mol. The molecule has 0 amide bonds. The van der Waals surface area contributed by atoms with Gasteiger partial charge in [0.1, 0.15) is 23.2 Å². The zero-order valence-corrected chi connectivity index (χ0v) is 15.2. The summed E-state index contributed by atoms with van der Waals surface area (Å²) in [4.78, 5) is 25.8. The van der Waals surface area contributed by atoms with Gasteiger partial charge in [0.15, 0.2) is 0 Å². The molecule has 0 saturated heterocycles. The summed E-state index contributed by atoms with van der Waals surface area (Å²) in [5.41, 5.74) is 1.67. The van der Waals surface area contributed by atoms with E-state index in [4.69, 9.17) is 4.74 Å². The van der Waals surface area contributed by atoms with Gasteiger partial charge in [-0.1, -0.05) is 0 Å². The molecule has 4 rings (SSSR count). The van der Waals surface area contributed by atoms with Crippen LogP contribution in [-0.2, 0) is 19.5 Å². The Bertz CT molecular complexity index is 1050. The molecule has 1 N–H and O–H groups in total. The summed E-state index contributed by atoms with van der Waals surface area (Å²) in [5, 5.41) is 0. The number of benzene rings is 1. The fraction of sp³-hybridized carbons (Fsp3) is 0.250. The summed E-state index contributed by atoms with van der Waals surface area (Å²) in [6.45, 7) is 0.877. The lowest BCUT2D eigenvalue weighted by molar-refractivity contribution is 0.234. The number of H-pyrrole nitrogens is 1. The van der Waals surface area contributed by atoms with E-state index >= 15 is 0 Å². The van der Waals surface area contributed by atoms with Gasteiger partial charge in [-0.2, -0.15) is 0 Å². The van der Waals surface area contributed by atoms with Gasteiger partial charge in [0, 0.05) is 61.7 Å². The lowest BCUT2D eigenvalue weighted by Gasteiger charge is -2.28. The van der Waals surface area contributed by atoms with Gasteiger partial charge in [-0.05, 0) is 12.1 Å². The number of aromatic amines is 1. The molecular formula is C20H18F2N4O2. The minimum atomic E-state index is -0.665. The number of fused-ring (bicyclic) bond motifs is 1. The van der Waals surface area contributed by atoms with Crippen molar-refractivity contribution in [3.8, 4) is 17.1 Å². The molecule has 28 heavy (non-hydrogen) atoms. The van der Waals surface area contributed by atoms with E-state index in [1.807, 2.05) is 11.0 Å². The lowest BCUT2D eigenvalue weighted by atomic mass is 10.0. The third-order valence-corrected chi connectivity index (χ3v) is 4.81. The van der Waals surface area contributed by atoms with Crippen molar-refractivity contribution < 1.29 is 13.5 Å². The van der Waals surface area contributed by atoms with Crippen molar-refractivity contribution in [1.82, 2.24) is 19.9 Å². The van der Waals surface area contributed by atoms with Gasteiger partial charge in [0.25, 0.3) is 5.56 Å². The molecule has 1 aromatic carbocycles. The van der Waals surface area contributed by atoms with E-state index in [9.17, 15) is 13.6 Å². The Kier molecular flexibility index (Phi) is 4.87. The van der Waals surface area contributed by atoms with E-state index in [0.717, 1.165) is 17.7 Å². The fourth-order valence-corrected chi connectivity index (χ4v) is 3.33. The number of hydrogen-bond acceptors (Lipinski definition) is 5. The highest BCUT2D eigenvalue weighted by Crippen LogP contribution is 2.24. The van der Waals surface area contributed by atoms with Gasteiger partial charge in [-0.3, -0.25) is 14.7 Å². The minimum absolute atomic E-state index is 0.0411. The molecule has 0 fully saturated rings. The molecule has 0 saturated carbocycles. The summed E-state index contributed by atoms with van der Waals surface area (Å²) >= 11 is 0. The molecular weight excluding hydrogens is 366 g/mol. The fourth-order valence-electron chi connectivity index (χ4n) is 3.33. The second-order valence-corrected chi connectivity index (χ2v) is 6.61. The van der Waals surface area contributed by atoms with Crippen LogP contribution in [0, 0.1) is 11.6 Å². The molecule has 0 atom stereocenters. The van der Waals surface area contributed by atoms with Crippen LogP contribution in [0.4, 0.5) is 8.78 Å². The van der Waals surface area contributed by atoms with Gasteiger partial charge in [-0.15, -0.1) is 0 Å². The molecule has 3 aromatic rings. The van der Waals surface area contributed by atoms with Crippen LogP contribution in [0.15, 0.2) is 41.5 Å². The van der Waals surface area contributed by atoms with E-state index in [1.165, 1.54) is 7.11 Å². The number of aromatic nitrogens is 3. The number of ether oxygens (including phenoxy) is 1. The Labute approximate surface area is 159 Å². The molecule has 1 aliphatic heterocycles. The monoisotopic (exact) mass is 384 g/mol. The topological polar surface area (TPSA) is 71.1 Å². The third-order valence-electron chi connectivity index (χ3n) is 4.81. The van der Waals surface area contributed by atoms with Crippen molar-refractivity contribution in [2.45, 2.75) is 19.5 Å². The SMILES string of the molecule is COc1cc(F)c(CN2CCc3nc(-c4cccnc4)[nH]c(=O)c3C2)c(F)c1. The highest BCUT2D eigenvalue weighted by atomic mass is 19.1. The van der Waals surface area contributed by atoms with Crippen molar-refractivity contribution in [2.75, 3.05) is 13.7 Å². The van der Waals surface area contributed by atoms with E-state index in [-0.39, 0.29) is 30.0 Å². The Balaban J connectivity index is 1.58. The molecule has 0 unspecified atom stereocenters. The molecule has 0 bridgehead atoms. The first-order valence-corrected chi connectivity index (χ1v) is 8.82. The van der Waals surface area contributed by atoms with Crippen LogP contribution in [-0.4, -0.2) is 33.5 Å². The van der Waals surface area contributed by atoms with Crippen LogP contribution in [0.3, 0.4) is 0 Å². The molecule has 3 heterocycles. The van der Waals surface area contributed by atoms with Crippen molar-refractivity contribution in [2.24, 2.45) is 0 Å². The summed E-state index contributed by atoms with van der Waals surface area (Å²) in [5.74, 6) is -0.730. The van der Waals surface area contributed by atoms with Gasteiger partial charge in [0.2, 0.25) is 0 Å². The van der Waals surface area contributed by atoms with Crippen LogP contribution in [0.5, 0.6) is 5.75 Å². The maximum absolute atomic E-state index is 14.2. The Morgan fingerprint density at radius 1 is 1.29 bits per heavy atom. The number of nitrogens with one attached hydrogen (secondary N) is 1. The smallest absolute Gasteiger partial charge is 0.255 e. The number of methoxy groups -OCH3 is 1. The highest BCUT2D eigenvalue weighted by molar-refractivity contribution is 5.53. The number of hydrogen-bond donors (Lipinski definition) is 1. The van der Waals surface area contributed by atoms with Crippen LogP contribution >= 0.6 is 0 Å². The normalized spacial score (nSPS) is 14.0. The van der Waals surface area contributed by atoms with Crippen molar-refractivity contribution in [1.29, 1.82) is 0 Å². The summed E-state index contributed by atoms with van der Waals surface area (Å²) in [6.07, 6.45) is 3.80. The van der Waals surface area contributed by atoms with E-state index in [0.29, 0.717) is 30.0 Å². The molecule has 6 nitrogen and oxygen atoms in total. The Morgan fingerprint density at radius 3 is 2.75 bits per heavy atom. The van der Waals surface area contributed by atoms with Gasteiger partial charge < -0.3 is 9.72 Å². The highest BCUT2D eigenvalue weighted by Gasteiger charge is 2.24. The zero-order valence-electron chi connectivity index (χ0n) is 15.2. The summed E-state index contributed by atoms with van der Waals surface area (Å²) in [6, 6.07) is 5.91. The van der Waals surface area contributed by atoms with Crippen LogP contribution in [0.25, 0.3) is 11.4 Å². The first-order chi connectivity index (χ1) is 13.5. The van der Waals surface area contributed by atoms with Gasteiger partial charge in [-0.25, -0.2) is 13.8 Å². The molecule has 8 heteroatoms. The van der Waals surface area contributed by atoms with Crippen LogP contribution in [0.2, 0.25) is 0 Å². The summed E-state index contributed by atoms with van der Waals surface area (Å²) in [7, 11) is 1.36. The molecule has 1 aliphatic rings. The second-order valence-electron chi connectivity index (χ2n) is 6.61. The van der Waals surface area contributed by atoms with E-state index < -0.39 is 11.6 Å². The minimum Gasteiger partial charge on any atom is -0.497 e. The Morgan fingerprint density at radius 2 is 2.07 bits per heavy atom. The average Bonchev–Trinajstić information content (AvgIpc) is 2.71. The number of halogens is 2. The molecule has 144 valence electrons. The first-order valence-electron chi connectivity index (χ1n) is 8.82. The van der Waals surface area contributed by atoms with Crippen molar-refractivity contribution in [3.05, 3.63) is 75.5 Å². The average molecular weight is 384 g/mol. The Hall–Kier alpha value is -3.13. The van der Waals surface area contributed by atoms with Crippen LogP contribution in [0.1, 0.15) is 16.8 Å². The van der Waals surface area contributed by atoms with Crippen molar-refractivity contribution >= 4 is 0 Å². The van der Waals surface area contributed by atoms with Crippen molar-refractivity contribution in [3.63, 3.8) is 0 Å². The quantitative estimate of drug-likeness (QED) is 0.749. The maximum atomic E-state index is 14.2. The maximum Gasteiger partial charge on any atom is 0.255 e.